The molecule has 0 aliphatic heterocycles. The van der Waals surface area contributed by atoms with Gasteiger partial charge < -0.3 is 11.1 Å². The number of sulfonamides is 1. The van der Waals surface area contributed by atoms with Crippen LogP contribution in [0, 0.1) is 0 Å². The van der Waals surface area contributed by atoms with Crippen LogP contribution in [-0.4, -0.2) is 26.7 Å². The highest BCUT2D eigenvalue weighted by Gasteiger charge is 2.26. The summed E-state index contributed by atoms with van der Waals surface area (Å²) >= 11 is 0. The van der Waals surface area contributed by atoms with E-state index < -0.39 is 16.1 Å². The van der Waals surface area contributed by atoms with Crippen LogP contribution in [0.2, 0.25) is 0 Å². The summed E-state index contributed by atoms with van der Waals surface area (Å²) in [6, 6.07) is 1.55. The molecule has 1 aromatic rings. The van der Waals surface area contributed by atoms with Gasteiger partial charge in [-0.3, -0.25) is 0 Å². The lowest BCUT2D eigenvalue weighted by Crippen LogP contribution is -2.37. The van der Waals surface area contributed by atoms with Crippen molar-refractivity contribution < 1.29 is 13.2 Å². The number of amides is 2. The highest BCUT2D eigenvalue weighted by Crippen LogP contribution is 2.38. The zero-order valence-corrected chi connectivity index (χ0v) is 14.5. The monoisotopic (exact) mass is 349 g/mol. The summed E-state index contributed by atoms with van der Waals surface area (Å²) in [5.41, 5.74) is 11.4. The Balaban J connectivity index is 1.80. The summed E-state index contributed by atoms with van der Waals surface area (Å²) < 4.78 is 26.0. The van der Waals surface area contributed by atoms with E-state index >= 15 is 0 Å². The predicted molar refractivity (Wildman–Crippen MR) is 94.6 cm³/mol. The molecule has 0 saturated heterocycles. The fraction of sp³-hybridized carbons (Fsp3) is 0.471. The van der Waals surface area contributed by atoms with Crippen molar-refractivity contribution in [1.29, 1.82) is 0 Å². The van der Waals surface area contributed by atoms with Crippen molar-refractivity contribution in [3.8, 4) is 0 Å². The zero-order chi connectivity index (χ0) is 17.3. The first kappa shape index (κ1) is 17.0. The molecule has 24 heavy (non-hydrogen) atoms. The van der Waals surface area contributed by atoms with E-state index in [1.807, 2.05) is 0 Å². The molecule has 0 fully saturated rings. The average molecular weight is 349 g/mol. The summed E-state index contributed by atoms with van der Waals surface area (Å²) in [4.78, 5) is 12.2. The van der Waals surface area contributed by atoms with Crippen molar-refractivity contribution >= 4 is 21.7 Å². The summed E-state index contributed by atoms with van der Waals surface area (Å²) in [6.45, 7) is 3.64. The van der Waals surface area contributed by atoms with Crippen LogP contribution in [-0.2, 0) is 35.7 Å². The van der Waals surface area contributed by atoms with Crippen LogP contribution in [0.25, 0.3) is 0 Å². The third kappa shape index (κ3) is 3.47. The number of nitrogens with two attached hydrogens (primary N) is 1. The predicted octanol–water partition coefficient (Wildman–Crippen LogP) is 1.63. The van der Waals surface area contributed by atoms with Gasteiger partial charge >= 0.3 is 6.03 Å². The molecule has 0 aromatic heterocycles. The van der Waals surface area contributed by atoms with Gasteiger partial charge in [-0.15, -0.1) is 0 Å². The maximum absolute atomic E-state index is 12.2. The quantitative estimate of drug-likeness (QED) is 0.703. The molecular weight excluding hydrogens is 326 g/mol. The topological polar surface area (TPSA) is 101 Å². The molecule has 0 radical (unpaired) electrons. The van der Waals surface area contributed by atoms with Gasteiger partial charge in [0.15, 0.2) is 0 Å². The Morgan fingerprint density at radius 2 is 1.71 bits per heavy atom. The largest absolute Gasteiger partial charge is 0.332 e. The molecule has 7 heteroatoms. The molecule has 4 N–H and O–H groups in total. The van der Waals surface area contributed by atoms with Gasteiger partial charge in [-0.05, 0) is 66.4 Å². The molecule has 130 valence electrons. The van der Waals surface area contributed by atoms with Crippen LogP contribution in [0.5, 0.6) is 0 Å². The molecule has 2 amide bonds. The number of anilines is 1. The summed E-state index contributed by atoms with van der Waals surface area (Å²) in [5.74, 6) is -0.345. The Morgan fingerprint density at radius 1 is 1.12 bits per heavy atom. The second-order valence-corrected chi connectivity index (χ2v) is 8.23. The highest BCUT2D eigenvalue weighted by atomic mass is 32.2. The van der Waals surface area contributed by atoms with Crippen molar-refractivity contribution in [2.45, 2.75) is 38.5 Å². The first-order chi connectivity index (χ1) is 11.4. The second kappa shape index (κ2) is 6.57. The number of nitrogens with one attached hydrogen (secondary N) is 2. The van der Waals surface area contributed by atoms with Crippen molar-refractivity contribution in [3.05, 3.63) is 40.5 Å². The minimum absolute atomic E-state index is 0.0717. The third-order valence-corrected chi connectivity index (χ3v) is 5.93. The van der Waals surface area contributed by atoms with Crippen LogP contribution in [0.4, 0.5) is 10.5 Å². The summed E-state index contributed by atoms with van der Waals surface area (Å²) in [7, 11) is -3.78. The lowest BCUT2D eigenvalue weighted by molar-refractivity contribution is 0.256. The Hall–Kier alpha value is -1.86. The number of urea groups is 1. The molecular formula is C17H23N3O3S. The molecule has 2 aliphatic rings. The first-order valence-corrected chi connectivity index (χ1v) is 9.89. The molecule has 2 aliphatic carbocycles. The lowest BCUT2D eigenvalue weighted by Gasteiger charge is -2.16. The third-order valence-electron chi connectivity index (χ3n) is 4.64. The smallest absolute Gasteiger partial charge is 0.327 e. The van der Waals surface area contributed by atoms with E-state index in [0.717, 1.165) is 55.3 Å². The van der Waals surface area contributed by atoms with Crippen LogP contribution >= 0.6 is 0 Å². The van der Waals surface area contributed by atoms with Crippen LogP contribution in [0.3, 0.4) is 0 Å². The normalized spacial score (nSPS) is 15.7. The molecule has 3 rings (SSSR count). The van der Waals surface area contributed by atoms with Gasteiger partial charge in [0, 0.05) is 12.2 Å². The minimum Gasteiger partial charge on any atom is -0.327 e. The van der Waals surface area contributed by atoms with Crippen molar-refractivity contribution in [2.75, 3.05) is 17.6 Å². The van der Waals surface area contributed by atoms with Gasteiger partial charge in [-0.2, -0.15) is 0 Å². The molecule has 0 unspecified atom stereocenters. The molecule has 1 aromatic carbocycles. The zero-order valence-electron chi connectivity index (χ0n) is 13.7. The second-order valence-electron chi connectivity index (χ2n) is 6.50. The maximum atomic E-state index is 12.2. The van der Waals surface area contributed by atoms with Crippen molar-refractivity contribution in [3.63, 3.8) is 0 Å². The van der Waals surface area contributed by atoms with E-state index in [-0.39, 0.29) is 12.3 Å². The van der Waals surface area contributed by atoms with E-state index in [1.165, 1.54) is 11.1 Å². The fourth-order valence-corrected chi connectivity index (χ4v) is 4.67. The molecule has 0 atom stereocenters. The van der Waals surface area contributed by atoms with Gasteiger partial charge in [-0.25, -0.2) is 17.9 Å². The molecule has 0 spiro atoms. The number of carbonyl (C=O) groups excluding carboxylic acids is 1. The number of rotatable bonds is 5. The first-order valence-electron chi connectivity index (χ1n) is 8.24. The van der Waals surface area contributed by atoms with E-state index in [0.29, 0.717) is 5.57 Å². The van der Waals surface area contributed by atoms with E-state index in [2.05, 4.69) is 22.7 Å². The maximum Gasteiger partial charge on any atom is 0.332 e. The molecule has 6 nitrogen and oxygen atoms in total. The number of hydrogen-bond acceptors (Lipinski definition) is 4. The average Bonchev–Trinajstić information content (AvgIpc) is 3.14. The molecule has 0 bridgehead atoms. The Morgan fingerprint density at radius 3 is 2.25 bits per heavy atom. The highest BCUT2D eigenvalue weighted by molar-refractivity contribution is 7.90. The van der Waals surface area contributed by atoms with Crippen LogP contribution < -0.4 is 15.8 Å². The number of hydrogen-bond donors (Lipinski definition) is 3. The standard InChI is InChI=1S/C17H23N3O3S/c1-11(9-18)10-24(22,23)20-17(21)19-16-14-6-2-4-12(14)8-13-5-3-7-15(13)16/h8H,1-7,9-10,18H2,(H2,19,20,21). The Bertz CT molecular complexity index is 768. The van der Waals surface area contributed by atoms with Gasteiger partial charge in [-0.1, -0.05) is 12.6 Å². The van der Waals surface area contributed by atoms with Gasteiger partial charge in [0.05, 0.1) is 5.75 Å². The SMILES string of the molecule is C=C(CN)CS(=O)(=O)NC(=O)Nc1c2c(cc3c1CCC3)CCC2. The van der Waals surface area contributed by atoms with Gasteiger partial charge in [0.1, 0.15) is 0 Å². The minimum atomic E-state index is -3.78. The van der Waals surface area contributed by atoms with E-state index in [4.69, 9.17) is 5.73 Å². The summed E-state index contributed by atoms with van der Waals surface area (Å²) in [5, 5.41) is 2.80. The number of carbonyl (C=O) groups is 1. The van der Waals surface area contributed by atoms with Gasteiger partial charge in [0.2, 0.25) is 10.0 Å². The van der Waals surface area contributed by atoms with Crippen LogP contribution in [0.1, 0.15) is 35.1 Å². The van der Waals surface area contributed by atoms with E-state index in [1.54, 1.807) is 0 Å². The van der Waals surface area contributed by atoms with Crippen molar-refractivity contribution in [1.82, 2.24) is 4.72 Å². The Kier molecular flexibility index (Phi) is 4.64. The number of aryl methyl sites for hydroxylation is 2. The Labute approximate surface area is 142 Å². The van der Waals surface area contributed by atoms with E-state index in [9.17, 15) is 13.2 Å². The van der Waals surface area contributed by atoms with Crippen molar-refractivity contribution in [2.24, 2.45) is 5.73 Å². The van der Waals surface area contributed by atoms with Crippen LogP contribution in [0.15, 0.2) is 18.2 Å². The molecule has 0 saturated carbocycles. The van der Waals surface area contributed by atoms with Gasteiger partial charge in [0.25, 0.3) is 0 Å². The number of benzene rings is 1. The number of fused-ring (bicyclic) bond motifs is 2. The summed E-state index contributed by atoms with van der Waals surface area (Å²) in [6.07, 6.45) is 6.04. The lowest BCUT2D eigenvalue weighted by atomic mass is 9.99. The fourth-order valence-electron chi connectivity index (χ4n) is 3.61. The molecule has 0 heterocycles.